The van der Waals surface area contributed by atoms with Crippen LogP contribution in [0.3, 0.4) is 0 Å². The molecule has 4 nitrogen and oxygen atoms in total. The number of aryl methyl sites for hydroxylation is 1. The van der Waals surface area contributed by atoms with Crippen molar-refractivity contribution in [3.8, 4) is 0 Å². The van der Waals surface area contributed by atoms with E-state index in [1.54, 1.807) is 0 Å². The second-order valence-electron chi connectivity index (χ2n) is 5.05. The molecule has 2 aromatic rings. The predicted octanol–water partition coefficient (Wildman–Crippen LogP) is 2.55. The molecule has 0 fully saturated rings. The number of nitrogens with zero attached hydrogens (tertiary/aromatic N) is 3. The maximum absolute atomic E-state index is 6.21. The highest BCUT2D eigenvalue weighted by atomic mass is 15.0. The van der Waals surface area contributed by atoms with E-state index in [9.17, 15) is 0 Å². The van der Waals surface area contributed by atoms with Crippen LogP contribution in [0.4, 0.5) is 0 Å². The van der Waals surface area contributed by atoms with Gasteiger partial charge in [0.25, 0.3) is 0 Å². The smallest absolute Gasteiger partial charge is 0.149 e. The van der Waals surface area contributed by atoms with Crippen LogP contribution in [0, 0.1) is 6.92 Å². The number of hydrogen-bond acceptors (Lipinski definition) is 4. The topological polar surface area (TPSA) is 64.7 Å². The Labute approximate surface area is 114 Å². The Kier molecular flexibility index (Phi) is 4.22. The molecule has 19 heavy (non-hydrogen) atoms. The van der Waals surface area contributed by atoms with E-state index in [1.807, 2.05) is 25.1 Å². The van der Waals surface area contributed by atoms with Gasteiger partial charge in [-0.05, 0) is 18.9 Å². The van der Waals surface area contributed by atoms with Crippen LogP contribution in [-0.4, -0.2) is 15.0 Å². The third-order valence-electron chi connectivity index (χ3n) is 2.93. The van der Waals surface area contributed by atoms with Gasteiger partial charge in [-0.3, -0.25) is 0 Å². The number of nitrogens with two attached hydrogens (primary N) is 1. The van der Waals surface area contributed by atoms with E-state index in [0.29, 0.717) is 5.82 Å². The van der Waals surface area contributed by atoms with Gasteiger partial charge in [0.15, 0.2) is 0 Å². The van der Waals surface area contributed by atoms with Crippen molar-refractivity contribution in [2.45, 2.75) is 39.2 Å². The van der Waals surface area contributed by atoms with E-state index < -0.39 is 0 Å². The molecule has 2 rings (SSSR count). The Bertz CT molecular complexity index is 537. The summed E-state index contributed by atoms with van der Waals surface area (Å²) in [6, 6.07) is 9.97. The largest absolute Gasteiger partial charge is 0.321 e. The second kappa shape index (κ2) is 5.89. The van der Waals surface area contributed by atoms with Crippen LogP contribution < -0.4 is 5.73 Å². The minimum absolute atomic E-state index is 0.193. The number of aromatic nitrogens is 3. The maximum Gasteiger partial charge on any atom is 0.149 e. The van der Waals surface area contributed by atoms with Crippen molar-refractivity contribution < 1.29 is 0 Å². The molecule has 1 aromatic carbocycles. The van der Waals surface area contributed by atoms with Crippen LogP contribution in [0.25, 0.3) is 0 Å². The number of benzene rings is 1. The molecule has 0 saturated heterocycles. The van der Waals surface area contributed by atoms with Gasteiger partial charge in [-0.25, -0.2) is 15.0 Å². The van der Waals surface area contributed by atoms with E-state index in [0.717, 1.165) is 18.1 Å². The molecule has 0 spiro atoms. The molecule has 1 heterocycles. The minimum Gasteiger partial charge on any atom is -0.321 e. The van der Waals surface area contributed by atoms with Crippen molar-refractivity contribution in [2.75, 3.05) is 0 Å². The molecule has 1 atom stereocenters. The molecule has 100 valence electrons. The fourth-order valence-corrected chi connectivity index (χ4v) is 1.91. The average Bonchev–Trinajstić information content (AvgIpc) is 2.39. The first-order valence-corrected chi connectivity index (χ1v) is 6.58. The van der Waals surface area contributed by atoms with Crippen LogP contribution in [0.5, 0.6) is 0 Å². The minimum atomic E-state index is -0.193. The van der Waals surface area contributed by atoms with Crippen molar-refractivity contribution >= 4 is 0 Å². The number of hydrogen-bond donors (Lipinski definition) is 1. The normalized spacial score (nSPS) is 12.7. The first-order valence-electron chi connectivity index (χ1n) is 6.58. The summed E-state index contributed by atoms with van der Waals surface area (Å²) < 4.78 is 0. The predicted molar refractivity (Wildman–Crippen MR) is 75.7 cm³/mol. The lowest BCUT2D eigenvalue weighted by molar-refractivity contribution is 0.627. The Morgan fingerprint density at radius 2 is 1.63 bits per heavy atom. The lowest BCUT2D eigenvalue weighted by atomic mass is 10.1. The summed E-state index contributed by atoms with van der Waals surface area (Å²) in [4.78, 5) is 13.2. The SMILES string of the molecule is Cc1nc(C(C)C)nc(C(N)Cc2ccccc2)n1. The quantitative estimate of drug-likeness (QED) is 0.913. The monoisotopic (exact) mass is 256 g/mol. The lowest BCUT2D eigenvalue weighted by Crippen LogP contribution is -2.19. The van der Waals surface area contributed by atoms with Gasteiger partial charge in [-0.2, -0.15) is 0 Å². The Balaban J connectivity index is 2.21. The van der Waals surface area contributed by atoms with Crippen LogP contribution in [-0.2, 0) is 6.42 Å². The highest BCUT2D eigenvalue weighted by Crippen LogP contribution is 2.15. The molecule has 0 aliphatic heterocycles. The van der Waals surface area contributed by atoms with Gasteiger partial charge < -0.3 is 5.73 Å². The summed E-state index contributed by atoms with van der Waals surface area (Å²) in [6.45, 7) is 6.02. The fourth-order valence-electron chi connectivity index (χ4n) is 1.91. The maximum atomic E-state index is 6.21. The Hall–Kier alpha value is -1.81. The van der Waals surface area contributed by atoms with Crippen LogP contribution in [0.2, 0.25) is 0 Å². The van der Waals surface area contributed by atoms with Gasteiger partial charge in [0, 0.05) is 5.92 Å². The molecule has 0 amide bonds. The molecule has 1 unspecified atom stereocenters. The first-order chi connectivity index (χ1) is 9.06. The summed E-state index contributed by atoms with van der Waals surface area (Å²) in [5, 5.41) is 0. The number of rotatable bonds is 4. The van der Waals surface area contributed by atoms with Gasteiger partial charge in [0.2, 0.25) is 0 Å². The van der Waals surface area contributed by atoms with E-state index in [1.165, 1.54) is 5.56 Å². The van der Waals surface area contributed by atoms with E-state index in [4.69, 9.17) is 5.73 Å². The molecule has 4 heteroatoms. The van der Waals surface area contributed by atoms with Crippen molar-refractivity contribution in [1.29, 1.82) is 0 Å². The third-order valence-corrected chi connectivity index (χ3v) is 2.93. The second-order valence-corrected chi connectivity index (χ2v) is 5.05. The van der Waals surface area contributed by atoms with Gasteiger partial charge in [-0.1, -0.05) is 44.2 Å². The van der Waals surface area contributed by atoms with Crippen molar-refractivity contribution in [2.24, 2.45) is 5.73 Å². The molecule has 0 aliphatic rings. The molecule has 2 N–H and O–H groups in total. The van der Waals surface area contributed by atoms with Crippen LogP contribution >= 0.6 is 0 Å². The molecule has 0 radical (unpaired) electrons. The summed E-state index contributed by atoms with van der Waals surface area (Å²) in [5.41, 5.74) is 7.41. The molecule has 0 aliphatic carbocycles. The van der Waals surface area contributed by atoms with Crippen molar-refractivity contribution in [3.05, 3.63) is 53.4 Å². The average molecular weight is 256 g/mol. The van der Waals surface area contributed by atoms with Gasteiger partial charge in [0.05, 0.1) is 6.04 Å². The lowest BCUT2D eigenvalue weighted by Gasteiger charge is -2.13. The summed E-state index contributed by atoms with van der Waals surface area (Å²) in [6.07, 6.45) is 0.738. The van der Waals surface area contributed by atoms with Gasteiger partial charge >= 0.3 is 0 Å². The van der Waals surface area contributed by atoms with Gasteiger partial charge in [0.1, 0.15) is 17.5 Å². The Morgan fingerprint density at radius 1 is 1.00 bits per heavy atom. The Morgan fingerprint density at radius 3 is 2.26 bits per heavy atom. The summed E-state index contributed by atoms with van der Waals surface area (Å²) in [5.74, 6) is 2.51. The van der Waals surface area contributed by atoms with E-state index >= 15 is 0 Å². The zero-order valence-electron chi connectivity index (χ0n) is 11.7. The highest BCUT2D eigenvalue weighted by molar-refractivity contribution is 5.17. The fraction of sp³-hybridized carbons (Fsp3) is 0.400. The van der Waals surface area contributed by atoms with E-state index in [2.05, 4.69) is 40.9 Å². The highest BCUT2D eigenvalue weighted by Gasteiger charge is 2.14. The first kappa shape index (κ1) is 13.6. The van der Waals surface area contributed by atoms with Crippen LogP contribution in [0.1, 0.15) is 48.8 Å². The zero-order valence-corrected chi connectivity index (χ0v) is 11.7. The molecule has 1 aromatic heterocycles. The zero-order chi connectivity index (χ0) is 13.8. The van der Waals surface area contributed by atoms with Crippen molar-refractivity contribution in [1.82, 2.24) is 15.0 Å². The van der Waals surface area contributed by atoms with E-state index in [-0.39, 0.29) is 12.0 Å². The molecular formula is C15H20N4. The standard InChI is InChI=1S/C15H20N4/c1-10(2)14-17-11(3)18-15(19-14)13(16)9-12-7-5-4-6-8-12/h4-8,10,13H,9,16H2,1-3H3. The van der Waals surface area contributed by atoms with Gasteiger partial charge in [-0.15, -0.1) is 0 Å². The summed E-state index contributed by atoms with van der Waals surface area (Å²) >= 11 is 0. The summed E-state index contributed by atoms with van der Waals surface area (Å²) in [7, 11) is 0. The molecule has 0 saturated carbocycles. The van der Waals surface area contributed by atoms with Crippen molar-refractivity contribution in [3.63, 3.8) is 0 Å². The van der Waals surface area contributed by atoms with Crippen LogP contribution in [0.15, 0.2) is 30.3 Å². The molecule has 0 bridgehead atoms. The third kappa shape index (κ3) is 3.58. The molecular weight excluding hydrogens is 236 g/mol.